The first-order valence-electron chi connectivity index (χ1n) is 5.63. The second kappa shape index (κ2) is 6.17. The van der Waals surface area contributed by atoms with Crippen LogP contribution in [0.5, 0.6) is 11.5 Å². The van der Waals surface area contributed by atoms with E-state index in [0.29, 0.717) is 10.2 Å². The molecule has 0 amide bonds. The Bertz CT molecular complexity index is 786. The molecule has 2 aromatic rings. The lowest BCUT2D eigenvalue weighted by atomic mass is 10.3. The summed E-state index contributed by atoms with van der Waals surface area (Å²) < 4.78 is 42.4. The summed E-state index contributed by atoms with van der Waals surface area (Å²) in [6.07, 6.45) is 0. The third kappa shape index (κ3) is 3.84. The van der Waals surface area contributed by atoms with Crippen LogP contribution in [0.25, 0.3) is 0 Å². The first-order valence-corrected chi connectivity index (χ1v) is 8.34. The normalized spacial score (nSPS) is 11.2. The van der Waals surface area contributed by atoms with Gasteiger partial charge in [0, 0.05) is 16.5 Å². The van der Waals surface area contributed by atoms with E-state index >= 15 is 0 Å². The monoisotopic (exact) mass is 390 g/mol. The molecule has 0 radical (unpaired) electrons. The van der Waals surface area contributed by atoms with Crippen LogP contribution in [0.3, 0.4) is 0 Å². The van der Waals surface area contributed by atoms with Crippen LogP contribution in [-0.2, 0) is 9.84 Å². The van der Waals surface area contributed by atoms with Gasteiger partial charge < -0.3 is 4.74 Å². The van der Waals surface area contributed by atoms with E-state index in [0.717, 1.165) is 11.5 Å². The Morgan fingerprint density at radius 1 is 1.24 bits per heavy atom. The summed E-state index contributed by atoms with van der Waals surface area (Å²) in [6, 6.07) is 7.99. The maximum Gasteiger partial charge on any atom is 0.199 e. The van der Waals surface area contributed by atoms with Crippen LogP contribution >= 0.6 is 27.5 Å². The number of rotatable bonds is 4. The van der Waals surface area contributed by atoms with Crippen LogP contribution in [-0.4, -0.2) is 8.42 Å². The van der Waals surface area contributed by atoms with Crippen molar-refractivity contribution >= 4 is 37.4 Å². The van der Waals surface area contributed by atoms with Crippen LogP contribution in [0, 0.1) is 5.82 Å². The van der Waals surface area contributed by atoms with Gasteiger partial charge >= 0.3 is 0 Å². The van der Waals surface area contributed by atoms with Crippen LogP contribution in [0.1, 0.15) is 0 Å². The van der Waals surface area contributed by atoms with Crippen molar-refractivity contribution in [1.82, 2.24) is 0 Å². The number of halogens is 3. The molecular formula is C14H9BrClFO3S. The highest BCUT2D eigenvalue weighted by molar-refractivity contribution is 9.10. The second-order valence-corrected chi connectivity index (χ2v) is 7.20. The molecule has 0 fully saturated rings. The first-order chi connectivity index (χ1) is 9.81. The fourth-order valence-corrected chi connectivity index (χ4v) is 3.11. The molecule has 21 heavy (non-hydrogen) atoms. The summed E-state index contributed by atoms with van der Waals surface area (Å²) in [6.45, 7) is 3.26. The van der Waals surface area contributed by atoms with Gasteiger partial charge in [-0.1, -0.05) is 18.2 Å². The second-order valence-electron chi connectivity index (χ2n) is 4.01. The summed E-state index contributed by atoms with van der Waals surface area (Å²) in [5, 5.41) is 1.06. The van der Waals surface area contributed by atoms with E-state index in [9.17, 15) is 12.8 Å². The molecule has 0 heterocycles. The van der Waals surface area contributed by atoms with Crippen molar-refractivity contribution in [2.45, 2.75) is 4.90 Å². The molecule has 0 atom stereocenters. The fraction of sp³-hybridized carbons (Fsp3) is 0. The number of sulfone groups is 1. The number of hydrogen-bond acceptors (Lipinski definition) is 3. The van der Waals surface area contributed by atoms with Gasteiger partial charge in [-0.25, -0.2) is 12.8 Å². The Hall–Kier alpha value is -1.37. The van der Waals surface area contributed by atoms with Gasteiger partial charge in [0.05, 0.1) is 9.37 Å². The number of ether oxygens (including phenoxy) is 1. The zero-order chi connectivity index (χ0) is 15.6. The topological polar surface area (TPSA) is 43.4 Å². The first kappa shape index (κ1) is 16.0. The molecule has 0 saturated heterocycles. The maximum atomic E-state index is 13.2. The average molecular weight is 392 g/mol. The van der Waals surface area contributed by atoms with E-state index in [1.54, 1.807) is 0 Å². The molecule has 2 aromatic carbocycles. The molecule has 110 valence electrons. The van der Waals surface area contributed by atoms with Crippen molar-refractivity contribution in [2.75, 3.05) is 0 Å². The minimum absolute atomic E-state index is 0.0778. The average Bonchev–Trinajstić information content (AvgIpc) is 2.40. The van der Waals surface area contributed by atoms with Gasteiger partial charge in [0.15, 0.2) is 9.84 Å². The molecule has 0 aliphatic carbocycles. The molecule has 0 bridgehead atoms. The molecule has 0 N–H and O–H groups in total. The third-order valence-corrected chi connectivity index (χ3v) is 4.70. The highest BCUT2D eigenvalue weighted by atomic mass is 79.9. The van der Waals surface area contributed by atoms with Crippen LogP contribution in [0.4, 0.5) is 4.39 Å². The SMILES string of the molecule is C=CS(=O)(=O)c1ccc(Oc2cc(F)cc(Cl)c2)c(Br)c1. The van der Waals surface area contributed by atoms with Gasteiger partial charge in [-0.05, 0) is 46.3 Å². The predicted molar refractivity (Wildman–Crippen MR) is 83.0 cm³/mol. The van der Waals surface area contributed by atoms with E-state index in [4.69, 9.17) is 16.3 Å². The summed E-state index contributed by atoms with van der Waals surface area (Å²) >= 11 is 8.95. The van der Waals surface area contributed by atoms with Gasteiger partial charge in [-0.15, -0.1) is 0 Å². The largest absolute Gasteiger partial charge is 0.456 e. The van der Waals surface area contributed by atoms with Crippen LogP contribution < -0.4 is 4.74 Å². The Morgan fingerprint density at radius 3 is 2.52 bits per heavy atom. The molecule has 0 aromatic heterocycles. The van der Waals surface area contributed by atoms with Crippen molar-refractivity contribution in [1.29, 1.82) is 0 Å². The van der Waals surface area contributed by atoms with Crippen molar-refractivity contribution in [3.8, 4) is 11.5 Å². The zero-order valence-electron chi connectivity index (χ0n) is 10.5. The van der Waals surface area contributed by atoms with Crippen molar-refractivity contribution in [2.24, 2.45) is 0 Å². The van der Waals surface area contributed by atoms with E-state index in [1.807, 2.05) is 0 Å². The van der Waals surface area contributed by atoms with Crippen LogP contribution in [0.2, 0.25) is 5.02 Å². The van der Waals surface area contributed by atoms with Gasteiger partial charge in [-0.2, -0.15) is 0 Å². The Balaban J connectivity index is 2.36. The van der Waals surface area contributed by atoms with Gasteiger partial charge in [0.1, 0.15) is 17.3 Å². The van der Waals surface area contributed by atoms with Gasteiger partial charge in [0.25, 0.3) is 0 Å². The van der Waals surface area contributed by atoms with E-state index < -0.39 is 15.7 Å². The lowest BCUT2D eigenvalue weighted by Gasteiger charge is -2.09. The molecule has 0 spiro atoms. The molecule has 0 aliphatic rings. The third-order valence-electron chi connectivity index (χ3n) is 2.52. The zero-order valence-corrected chi connectivity index (χ0v) is 13.7. The smallest absolute Gasteiger partial charge is 0.199 e. The Kier molecular flexibility index (Phi) is 4.70. The summed E-state index contributed by atoms with van der Waals surface area (Å²) in [5.74, 6) is 0.0131. The maximum absolute atomic E-state index is 13.2. The van der Waals surface area contributed by atoms with Crippen LogP contribution in [0.15, 0.2) is 57.8 Å². The minimum atomic E-state index is -3.53. The standard InChI is InChI=1S/C14H9BrClFO3S/c1-2-21(18,19)12-3-4-14(13(15)8-12)20-11-6-9(16)5-10(17)7-11/h2-8H,1H2. The molecule has 3 nitrogen and oxygen atoms in total. The molecule has 2 rings (SSSR count). The Morgan fingerprint density at radius 2 is 1.95 bits per heavy atom. The number of benzene rings is 2. The number of hydrogen-bond donors (Lipinski definition) is 0. The Labute approximate surface area is 135 Å². The van der Waals surface area contributed by atoms with Gasteiger partial charge in [0.2, 0.25) is 0 Å². The highest BCUT2D eigenvalue weighted by Crippen LogP contribution is 2.33. The van der Waals surface area contributed by atoms with E-state index in [2.05, 4.69) is 22.5 Å². The summed E-state index contributed by atoms with van der Waals surface area (Å²) in [4.78, 5) is 0.0778. The van der Waals surface area contributed by atoms with E-state index in [1.165, 1.54) is 30.3 Å². The van der Waals surface area contributed by atoms with Crippen molar-refractivity contribution in [3.63, 3.8) is 0 Å². The predicted octanol–water partition coefficient (Wildman–Crippen LogP) is 4.95. The van der Waals surface area contributed by atoms with Crippen molar-refractivity contribution in [3.05, 3.63) is 63.7 Å². The fourth-order valence-electron chi connectivity index (χ4n) is 1.55. The molecule has 0 unspecified atom stereocenters. The highest BCUT2D eigenvalue weighted by Gasteiger charge is 2.13. The van der Waals surface area contributed by atoms with E-state index in [-0.39, 0.29) is 15.7 Å². The minimum Gasteiger partial charge on any atom is -0.456 e. The summed E-state index contributed by atoms with van der Waals surface area (Å²) in [7, 11) is -3.53. The lowest BCUT2D eigenvalue weighted by molar-refractivity contribution is 0.473. The van der Waals surface area contributed by atoms with Gasteiger partial charge in [-0.3, -0.25) is 0 Å². The van der Waals surface area contributed by atoms with Crippen molar-refractivity contribution < 1.29 is 17.5 Å². The molecule has 0 saturated carbocycles. The summed E-state index contributed by atoms with van der Waals surface area (Å²) in [5.41, 5.74) is 0. The quantitative estimate of drug-likeness (QED) is 0.740. The molecular weight excluding hydrogens is 383 g/mol. The molecule has 7 heteroatoms. The molecule has 0 aliphatic heterocycles. The lowest BCUT2D eigenvalue weighted by Crippen LogP contribution is -1.96.